The lowest BCUT2D eigenvalue weighted by atomic mass is 9.95. The molecule has 0 spiro atoms. The highest BCUT2D eigenvalue weighted by atomic mass is 16.5. The number of hydrogen-bond acceptors (Lipinski definition) is 6. The Bertz CT molecular complexity index is 901. The van der Waals surface area contributed by atoms with Crippen LogP contribution >= 0.6 is 0 Å². The molecule has 1 unspecified atom stereocenters. The molecule has 0 aromatic heterocycles. The molecule has 1 amide bonds. The molecule has 0 saturated carbocycles. The number of carbonyl (C=O) groups is 2. The van der Waals surface area contributed by atoms with E-state index in [-0.39, 0.29) is 22.8 Å². The van der Waals surface area contributed by atoms with Crippen molar-refractivity contribution < 1.29 is 29.3 Å². The van der Waals surface area contributed by atoms with Crippen molar-refractivity contribution in [2.75, 3.05) is 14.2 Å². The van der Waals surface area contributed by atoms with E-state index in [0.29, 0.717) is 16.9 Å². The molecule has 26 heavy (non-hydrogen) atoms. The summed E-state index contributed by atoms with van der Waals surface area (Å²) in [5.41, 5.74) is 0.809. The smallest absolute Gasteiger partial charge is 0.293 e. The monoisotopic (exact) mass is 355 g/mol. The standard InChI is InChI=1S/C19H17NO6/c1-25-12-6-3-10(4-7-12)17(22)15-16(20-19(24)18(15)23)11-5-8-13(21)14(9-11)26-2/h3-9,16,21-22H,1-2H3,(H,20,24). The Morgan fingerprint density at radius 2 is 1.73 bits per heavy atom. The van der Waals surface area contributed by atoms with Crippen LogP contribution in [0.1, 0.15) is 17.2 Å². The van der Waals surface area contributed by atoms with Gasteiger partial charge in [-0.05, 0) is 42.0 Å². The Kier molecular flexibility index (Phi) is 4.53. The number of ether oxygens (including phenoxy) is 2. The zero-order valence-corrected chi connectivity index (χ0v) is 14.1. The quantitative estimate of drug-likeness (QED) is 0.441. The molecule has 2 aromatic rings. The number of aromatic hydroxyl groups is 1. The summed E-state index contributed by atoms with van der Waals surface area (Å²) in [7, 11) is 2.91. The van der Waals surface area contributed by atoms with Gasteiger partial charge in [0.2, 0.25) is 0 Å². The first-order valence-corrected chi connectivity index (χ1v) is 7.76. The van der Waals surface area contributed by atoms with Crippen LogP contribution in [0.25, 0.3) is 5.76 Å². The maximum atomic E-state index is 12.3. The van der Waals surface area contributed by atoms with E-state index in [0.717, 1.165) is 0 Å². The van der Waals surface area contributed by atoms with Crippen molar-refractivity contribution in [1.29, 1.82) is 0 Å². The summed E-state index contributed by atoms with van der Waals surface area (Å²) < 4.78 is 10.1. The minimum Gasteiger partial charge on any atom is -0.507 e. The number of amides is 1. The van der Waals surface area contributed by atoms with E-state index in [1.165, 1.54) is 26.4 Å². The first kappa shape index (κ1) is 17.3. The Morgan fingerprint density at radius 1 is 1.04 bits per heavy atom. The second-order valence-electron chi connectivity index (χ2n) is 5.66. The van der Waals surface area contributed by atoms with E-state index in [2.05, 4.69) is 5.32 Å². The van der Waals surface area contributed by atoms with Crippen LogP contribution in [-0.2, 0) is 9.59 Å². The van der Waals surface area contributed by atoms with Gasteiger partial charge in [0.05, 0.1) is 25.8 Å². The lowest BCUT2D eigenvalue weighted by Crippen LogP contribution is -2.21. The highest BCUT2D eigenvalue weighted by Gasteiger charge is 2.39. The second kappa shape index (κ2) is 6.79. The van der Waals surface area contributed by atoms with Crippen molar-refractivity contribution in [2.24, 2.45) is 0 Å². The van der Waals surface area contributed by atoms with Crippen molar-refractivity contribution in [3.05, 3.63) is 59.2 Å². The van der Waals surface area contributed by atoms with Gasteiger partial charge < -0.3 is 25.0 Å². The van der Waals surface area contributed by atoms with Crippen LogP contribution in [0.15, 0.2) is 48.0 Å². The molecule has 0 radical (unpaired) electrons. The summed E-state index contributed by atoms with van der Waals surface area (Å²) in [5.74, 6) is -1.20. The van der Waals surface area contributed by atoms with Crippen LogP contribution in [0.4, 0.5) is 0 Å². The molecule has 3 N–H and O–H groups in total. The van der Waals surface area contributed by atoms with E-state index in [1.54, 1.807) is 30.3 Å². The molecule has 2 aromatic carbocycles. The largest absolute Gasteiger partial charge is 0.507 e. The molecule has 1 saturated heterocycles. The molecule has 134 valence electrons. The minimum absolute atomic E-state index is 0.0621. The molecule has 1 heterocycles. The van der Waals surface area contributed by atoms with Gasteiger partial charge in [0.15, 0.2) is 11.5 Å². The topological polar surface area (TPSA) is 105 Å². The number of hydrogen-bond donors (Lipinski definition) is 3. The molecule has 0 bridgehead atoms. The van der Waals surface area contributed by atoms with Gasteiger partial charge in [0.25, 0.3) is 11.7 Å². The van der Waals surface area contributed by atoms with Gasteiger partial charge in [0.1, 0.15) is 11.5 Å². The predicted octanol–water partition coefficient (Wildman–Crippen LogP) is 2.12. The average Bonchev–Trinajstić information content (AvgIpc) is 2.96. The lowest BCUT2D eigenvalue weighted by molar-refractivity contribution is -0.133. The van der Waals surface area contributed by atoms with E-state index < -0.39 is 17.7 Å². The van der Waals surface area contributed by atoms with Crippen molar-refractivity contribution in [3.63, 3.8) is 0 Å². The molecule has 1 aliphatic rings. The van der Waals surface area contributed by atoms with Crippen LogP contribution in [-0.4, -0.2) is 36.1 Å². The number of benzene rings is 2. The van der Waals surface area contributed by atoms with E-state index in [1.807, 2.05) is 0 Å². The number of carbonyl (C=O) groups excluding carboxylic acids is 2. The Morgan fingerprint density at radius 3 is 2.35 bits per heavy atom. The van der Waals surface area contributed by atoms with Gasteiger partial charge in [-0.15, -0.1) is 0 Å². The maximum absolute atomic E-state index is 12.3. The number of aliphatic hydroxyl groups excluding tert-OH is 1. The first-order chi connectivity index (χ1) is 12.5. The number of rotatable bonds is 4. The molecule has 1 fully saturated rings. The third-order valence-electron chi connectivity index (χ3n) is 4.17. The minimum atomic E-state index is -0.855. The summed E-state index contributed by atoms with van der Waals surface area (Å²) in [5, 5.41) is 22.9. The van der Waals surface area contributed by atoms with Crippen molar-refractivity contribution >= 4 is 17.4 Å². The van der Waals surface area contributed by atoms with Crippen molar-refractivity contribution in [2.45, 2.75) is 6.04 Å². The number of phenols is 1. The fourth-order valence-corrected chi connectivity index (χ4v) is 2.79. The molecule has 3 rings (SSSR count). The van der Waals surface area contributed by atoms with Gasteiger partial charge in [-0.3, -0.25) is 9.59 Å². The van der Waals surface area contributed by atoms with Crippen LogP contribution in [0.3, 0.4) is 0 Å². The number of phenolic OH excluding ortho intramolecular Hbond substituents is 1. The molecule has 7 heteroatoms. The third kappa shape index (κ3) is 2.95. The number of aliphatic hydroxyl groups is 1. The molecule has 1 atom stereocenters. The Hall–Kier alpha value is -3.48. The van der Waals surface area contributed by atoms with E-state index >= 15 is 0 Å². The molecular weight excluding hydrogens is 338 g/mol. The normalized spacial score (nSPS) is 18.5. The average molecular weight is 355 g/mol. The number of nitrogens with one attached hydrogen (secondary N) is 1. The first-order valence-electron chi connectivity index (χ1n) is 7.76. The SMILES string of the molecule is COc1ccc(C(O)=C2C(=O)C(=O)NC2c2ccc(O)c(OC)c2)cc1. The Balaban J connectivity index is 2.09. The Labute approximate surface area is 149 Å². The van der Waals surface area contributed by atoms with Crippen LogP contribution < -0.4 is 14.8 Å². The van der Waals surface area contributed by atoms with E-state index in [4.69, 9.17) is 9.47 Å². The summed E-state index contributed by atoms with van der Waals surface area (Å²) in [4.78, 5) is 24.2. The fraction of sp³-hybridized carbons (Fsp3) is 0.158. The van der Waals surface area contributed by atoms with Crippen LogP contribution in [0, 0.1) is 0 Å². The summed E-state index contributed by atoms with van der Waals surface area (Å²) in [6.07, 6.45) is 0. The second-order valence-corrected chi connectivity index (χ2v) is 5.66. The molecule has 0 aliphatic carbocycles. The van der Waals surface area contributed by atoms with E-state index in [9.17, 15) is 19.8 Å². The van der Waals surface area contributed by atoms with Crippen molar-refractivity contribution in [1.82, 2.24) is 5.32 Å². The molecule has 1 aliphatic heterocycles. The van der Waals surface area contributed by atoms with Crippen LogP contribution in [0.5, 0.6) is 17.2 Å². The summed E-state index contributed by atoms with van der Waals surface area (Å²) in [6.45, 7) is 0. The zero-order valence-electron chi connectivity index (χ0n) is 14.1. The highest BCUT2D eigenvalue weighted by Crippen LogP contribution is 2.36. The number of Topliss-reactive ketones (excluding diaryl/α,β-unsaturated/α-hetero) is 1. The lowest BCUT2D eigenvalue weighted by Gasteiger charge is -2.15. The fourth-order valence-electron chi connectivity index (χ4n) is 2.79. The number of ketones is 1. The maximum Gasteiger partial charge on any atom is 0.293 e. The molecular formula is C19H17NO6. The van der Waals surface area contributed by atoms with Gasteiger partial charge >= 0.3 is 0 Å². The summed E-state index contributed by atoms with van der Waals surface area (Å²) in [6, 6.07) is 10.0. The number of methoxy groups -OCH3 is 2. The van der Waals surface area contributed by atoms with Gasteiger partial charge in [0, 0.05) is 5.56 Å². The van der Waals surface area contributed by atoms with Crippen LogP contribution in [0.2, 0.25) is 0 Å². The van der Waals surface area contributed by atoms with Gasteiger partial charge in [-0.25, -0.2) is 0 Å². The zero-order chi connectivity index (χ0) is 18.8. The highest BCUT2D eigenvalue weighted by molar-refractivity contribution is 6.46. The van der Waals surface area contributed by atoms with Gasteiger partial charge in [-0.1, -0.05) is 6.07 Å². The third-order valence-corrected chi connectivity index (χ3v) is 4.17. The summed E-state index contributed by atoms with van der Waals surface area (Å²) >= 11 is 0. The predicted molar refractivity (Wildman–Crippen MR) is 93.1 cm³/mol. The molecule has 7 nitrogen and oxygen atoms in total. The van der Waals surface area contributed by atoms with Gasteiger partial charge in [-0.2, -0.15) is 0 Å². The van der Waals surface area contributed by atoms with Crippen molar-refractivity contribution in [3.8, 4) is 17.2 Å².